The number of hydrogen-bond donors (Lipinski definition) is 1. The summed E-state index contributed by atoms with van der Waals surface area (Å²) in [6.07, 6.45) is 0. The SMILES string of the molecule is Cc1cc(C(=O)Nc2ccccc2-c2ccccc2)c(C)o1. The van der Waals surface area contributed by atoms with Crippen molar-refractivity contribution in [3.63, 3.8) is 0 Å². The largest absolute Gasteiger partial charge is 0.466 e. The molecule has 0 bridgehead atoms. The molecule has 0 radical (unpaired) electrons. The van der Waals surface area contributed by atoms with Crippen LogP contribution in [0.5, 0.6) is 0 Å². The molecule has 3 nitrogen and oxygen atoms in total. The molecule has 3 heteroatoms. The molecule has 2 aromatic carbocycles. The van der Waals surface area contributed by atoms with Gasteiger partial charge in [0.2, 0.25) is 0 Å². The molecule has 0 aliphatic rings. The van der Waals surface area contributed by atoms with Gasteiger partial charge in [0.05, 0.1) is 5.56 Å². The van der Waals surface area contributed by atoms with Crippen LogP contribution in [-0.4, -0.2) is 5.91 Å². The Morgan fingerprint density at radius 1 is 0.955 bits per heavy atom. The van der Waals surface area contributed by atoms with Gasteiger partial charge in [-0.05, 0) is 31.5 Å². The number of amides is 1. The van der Waals surface area contributed by atoms with E-state index in [-0.39, 0.29) is 5.91 Å². The van der Waals surface area contributed by atoms with Crippen LogP contribution in [0.25, 0.3) is 11.1 Å². The molecule has 1 amide bonds. The normalized spacial score (nSPS) is 10.5. The minimum atomic E-state index is -0.155. The number of benzene rings is 2. The van der Waals surface area contributed by atoms with Gasteiger partial charge in [0, 0.05) is 11.3 Å². The second kappa shape index (κ2) is 5.90. The van der Waals surface area contributed by atoms with Gasteiger partial charge in [-0.3, -0.25) is 4.79 Å². The number of rotatable bonds is 3. The molecule has 0 spiro atoms. The van der Waals surface area contributed by atoms with E-state index in [1.807, 2.05) is 61.5 Å². The molecule has 3 rings (SSSR count). The molecule has 0 saturated heterocycles. The fraction of sp³-hybridized carbons (Fsp3) is 0.105. The van der Waals surface area contributed by atoms with E-state index in [4.69, 9.17) is 4.42 Å². The minimum Gasteiger partial charge on any atom is -0.466 e. The van der Waals surface area contributed by atoms with Crippen molar-refractivity contribution in [3.8, 4) is 11.1 Å². The monoisotopic (exact) mass is 291 g/mol. The lowest BCUT2D eigenvalue weighted by Crippen LogP contribution is -2.12. The van der Waals surface area contributed by atoms with Gasteiger partial charge in [-0.15, -0.1) is 0 Å². The molecular formula is C19H17NO2. The smallest absolute Gasteiger partial charge is 0.259 e. The number of nitrogens with one attached hydrogen (secondary N) is 1. The number of anilines is 1. The predicted octanol–water partition coefficient (Wildman–Crippen LogP) is 4.82. The Morgan fingerprint density at radius 3 is 2.32 bits per heavy atom. The summed E-state index contributed by atoms with van der Waals surface area (Å²) in [5.74, 6) is 1.21. The Kier molecular flexibility index (Phi) is 3.79. The van der Waals surface area contributed by atoms with Crippen molar-refractivity contribution >= 4 is 11.6 Å². The Bertz CT molecular complexity index is 803. The molecule has 0 unspecified atom stereocenters. The highest BCUT2D eigenvalue weighted by atomic mass is 16.3. The number of carbonyl (C=O) groups is 1. The van der Waals surface area contributed by atoms with Crippen molar-refractivity contribution in [1.29, 1.82) is 0 Å². The fourth-order valence-corrected chi connectivity index (χ4v) is 2.51. The van der Waals surface area contributed by atoms with Gasteiger partial charge in [0.1, 0.15) is 11.5 Å². The lowest BCUT2D eigenvalue weighted by Gasteiger charge is -2.11. The summed E-state index contributed by atoms with van der Waals surface area (Å²) < 4.78 is 5.43. The van der Waals surface area contributed by atoms with Gasteiger partial charge in [-0.1, -0.05) is 48.5 Å². The van der Waals surface area contributed by atoms with E-state index in [2.05, 4.69) is 5.32 Å². The third kappa shape index (κ3) is 2.79. The lowest BCUT2D eigenvalue weighted by atomic mass is 10.0. The second-order valence-electron chi connectivity index (χ2n) is 5.19. The number of para-hydroxylation sites is 1. The second-order valence-corrected chi connectivity index (χ2v) is 5.19. The highest BCUT2D eigenvalue weighted by Crippen LogP contribution is 2.28. The zero-order valence-electron chi connectivity index (χ0n) is 12.6. The quantitative estimate of drug-likeness (QED) is 0.752. The summed E-state index contributed by atoms with van der Waals surface area (Å²) in [7, 11) is 0. The summed E-state index contributed by atoms with van der Waals surface area (Å²) in [6, 6.07) is 19.5. The Hall–Kier alpha value is -2.81. The maximum Gasteiger partial charge on any atom is 0.259 e. The molecule has 0 atom stereocenters. The van der Waals surface area contributed by atoms with Crippen LogP contribution in [0.2, 0.25) is 0 Å². The molecular weight excluding hydrogens is 274 g/mol. The maximum absolute atomic E-state index is 12.5. The average Bonchev–Trinajstić information content (AvgIpc) is 2.87. The summed E-state index contributed by atoms with van der Waals surface area (Å²) >= 11 is 0. The summed E-state index contributed by atoms with van der Waals surface area (Å²) in [5, 5.41) is 2.98. The number of carbonyl (C=O) groups excluding carboxylic acids is 1. The first-order valence-corrected chi connectivity index (χ1v) is 7.18. The van der Waals surface area contributed by atoms with Crippen LogP contribution in [0.15, 0.2) is 65.1 Å². The third-order valence-corrected chi connectivity index (χ3v) is 3.55. The van der Waals surface area contributed by atoms with Crippen LogP contribution in [0.3, 0.4) is 0 Å². The van der Waals surface area contributed by atoms with E-state index in [9.17, 15) is 4.79 Å². The van der Waals surface area contributed by atoms with E-state index in [1.54, 1.807) is 13.0 Å². The van der Waals surface area contributed by atoms with Crippen molar-refractivity contribution in [3.05, 3.63) is 77.7 Å². The minimum absolute atomic E-state index is 0.155. The molecule has 1 heterocycles. The van der Waals surface area contributed by atoms with Gasteiger partial charge in [0.25, 0.3) is 5.91 Å². The molecule has 1 N–H and O–H groups in total. The van der Waals surface area contributed by atoms with E-state index in [0.717, 1.165) is 22.6 Å². The van der Waals surface area contributed by atoms with Crippen molar-refractivity contribution < 1.29 is 9.21 Å². The zero-order valence-corrected chi connectivity index (χ0v) is 12.6. The van der Waals surface area contributed by atoms with Crippen LogP contribution < -0.4 is 5.32 Å². The first-order valence-electron chi connectivity index (χ1n) is 7.18. The Labute approximate surface area is 129 Å². The van der Waals surface area contributed by atoms with Gasteiger partial charge >= 0.3 is 0 Å². The van der Waals surface area contributed by atoms with Crippen molar-refractivity contribution in [2.24, 2.45) is 0 Å². The van der Waals surface area contributed by atoms with Crippen LogP contribution in [0.1, 0.15) is 21.9 Å². The fourth-order valence-electron chi connectivity index (χ4n) is 2.51. The van der Waals surface area contributed by atoms with E-state index in [0.29, 0.717) is 11.3 Å². The molecule has 3 aromatic rings. The van der Waals surface area contributed by atoms with Gasteiger partial charge in [-0.25, -0.2) is 0 Å². The number of furan rings is 1. The first kappa shape index (κ1) is 14.1. The molecule has 0 aliphatic heterocycles. The molecule has 1 aromatic heterocycles. The standard InChI is InChI=1S/C19H17NO2/c1-13-12-17(14(2)22-13)19(21)20-18-11-7-6-10-16(18)15-8-4-3-5-9-15/h3-12H,1-2H3,(H,20,21). The molecule has 0 aliphatic carbocycles. The van der Waals surface area contributed by atoms with Crippen LogP contribution >= 0.6 is 0 Å². The molecule has 110 valence electrons. The molecule has 0 fully saturated rings. The first-order chi connectivity index (χ1) is 10.6. The summed E-state index contributed by atoms with van der Waals surface area (Å²) in [4.78, 5) is 12.5. The summed E-state index contributed by atoms with van der Waals surface area (Å²) in [6.45, 7) is 3.63. The third-order valence-electron chi connectivity index (χ3n) is 3.55. The topological polar surface area (TPSA) is 42.2 Å². The predicted molar refractivity (Wildman–Crippen MR) is 88.0 cm³/mol. The lowest BCUT2D eigenvalue weighted by molar-refractivity contribution is 0.102. The van der Waals surface area contributed by atoms with E-state index >= 15 is 0 Å². The van der Waals surface area contributed by atoms with Crippen LogP contribution in [-0.2, 0) is 0 Å². The number of hydrogen-bond acceptors (Lipinski definition) is 2. The van der Waals surface area contributed by atoms with Gasteiger partial charge in [-0.2, -0.15) is 0 Å². The molecule has 22 heavy (non-hydrogen) atoms. The number of aryl methyl sites for hydroxylation is 2. The van der Waals surface area contributed by atoms with Crippen molar-refractivity contribution in [2.45, 2.75) is 13.8 Å². The Balaban J connectivity index is 1.93. The zero-order chi connectivity index (χ0) is 15.5. The molecule has 0 saturated carbocycles. The average molecular weight is 291 g/mol. The Morgan fingerprint density at radius 2 is 1.64 bits per heavy atom. The van der Waals surface area contributed by atoms with E-state index in [1.165, 1.54) is 0 Å². The van der Waals surface area contributed by atoms with E-state index < -0.39 is 0 Å². The van der Waals surface area contributed by atoms with Gasteiger partial charge in [0.15, 0.2) is 0 Å². The van der Waals surface area contributed by atoms with Crippen LogP contribution in [0.4, 0.5) is 5.69 Å². The van der Waals surface area contributed by atoms with Crippen molar-refractivity contribution in [2.75, 3.05) is 5.32 Å². The highest BCUT2D eigenvalue weighted by Gasteiger charge is 2.15. The van der Waals surface area contributed by atoms with Crippen LogP contribution in [0, 0.1) is 13.8 Å². The summed E-state index contributed by atoms with van der Waals surface area (Å²) in [5.41, 5.74) is 3.42. The maximum atomic E-state index is 12.5. The highest BCUT2D eigenvalue weighted by molar-refractivity contribution is 6.06. The van der Waals surface area contributed by atoms with Crippen molar-refractivity contribution in [1.82, 2.24) is 0 Å². The van der Waals surface area contributed by atoms with Gasteiger partial charge < -0.3 is 9.73 Å².